The quantitative estimate of drug-likeness (QED) is 0.458. The van der Waals surface area contributed by atoms with E-state index in [2.05, 4.69) is 0 Å². The zero-order valence-electron chi connectivity index (χ0n) is 5.74. The van der Waals surface area contributed by atoms with Gasteiger partial charge in [0.05, 0.1) is 0 Å². The first kappa shape index (κ1) is 7.45. The first-order valence-electron chi connectivity index (χ1n) is 3.48. The largest absolute Gasteiger partial charge is 0.209 e. The first-order chi connectivity index (χ1) is 4.80. The molecule has 10 heavy (non-hydrogen) atoms. The summed E-state index contributed by atoms with van der Waals surface area (Å²) in [6, 6.07) is 0. The van der Waals surface area contributed by atoms with Crippen molar-refractivity contribution in [2.24, 2.45) is 0 Å². The number of hydrogen-bond donors (Lipinski definition) is 0. The molecule has 0 bridgehead atoms. The van der Waals surface area contributed by atoms with E-state index in [0.717, 1.165) is 0 Å². The molecule has 0 nitrogen and oxygen atoms in total. The molecule has 56 valence electrons. The molecule has 1 aliphatic carbocycles. The molecule has 1 rings (SSSR count). The van der Waals surface area contributed by atoms with Crippen LogP contribution in [0.25, 0.3) is 0 Å². The van der Waals surface area contributed by atoms with Crippen LogP contribution in [0.5, 0.6) is 0 Å². The zero-order chi connectivity index (χ0) is 7.40. The summed E-state index contributed by atoms with van der Waals surface area (Å²) in [5.74, 6) is -1.13. The van der Waals surface area contributed by atoms with Gasteiger partial charge in [0, 0.05) is 12.8 Å². The number of hydrogen-bond acceptors (Lipinski definition) is 0. The van der Waals surface area contributed by atoms with Crippen molar-refractivity contribution >= 4 is 0 Å². The second-order valence-electron chi connectivity index (χ2n) is 2.36. The highest BCUT2D eigenvalue weighted by molar-refractivity contribution is 5.04. The SMILES string of the molecule is F/C1=C(\F)CC/C=C\CC1. The molecule has 0 aromatic carbocycles. The van der Waals surface area contributed by atoms with Gasteiger partial charge in [-0.15, -0.1) is 0 Å². The Balaban J connectivity index is 2.57. The Bertz CT molecular complexity index is 150. The molecule has 2 heteroatoms. The Morgan fingerprint density at radius 3 is 1.70 bits per heavy atom. The minimum Gasteiger partial charge on any atom is -0.209 e. The Morgan fingerprint density at radius 2 is 1.30 bits per heavy atom. The van der Waals surface area contributed by atoms with Gasteiger partial charge in [-0.25, -0.2) is 8.78 Å². The van der Waals surface area contributed by atoms with Gasteiger partial charge in [0.2, 0.25) is 0 Å². The van der Waals surface area contributed by atoms with Crippen LogP contribution in [0.3, 0.4) is 0 Å². The van der Waals surface area contributed by atoms with Crippen LogP contribution in [0.4, 0.5) is 8.78 Å². The summed E-state index contributed by atoms with van der Waals surface area (Å²) in [5.41, 5.74) is 0. The van der Waals surface area contributed by atoms with Crippen LogP contribution in [0.1, 0.15) is 25.7 Å². The Morgan fingerprint density at radius 1 is 0.900 bits per heavy atom. The summed E-state index contributed by atoms with van der Waals surface area (Å²) >= 11 is 0. The molecule has 0 N–H and O–H groups in total. The molecule has 0 fully saturated rings. The lowest BCUT2D eigenvalue weighted by atomic mass is 10.1. The predicted octanol–water partition coefficient (Wildman–Crippen LogP) is 3.27. The maximum Gasteiger partial charge on any atom is 0.132 e. The molecule has 0 amide bonds. The molecule has 0 heterocycles. The minimum absolute atomic E-state index is 0.225. The fourth-order valence-corrected chi connectivity index (χ4v) is 0.927. The Labute approximate surface area is 59.2 Å². The highest BCUT2D eigenvalue weighted by Crippen LogP contribution is 2.21. The highest BCUT2D eigenvalue weighted by atomic mass is 19.2. The summed E-state index contributed by atoms with van der Waals surface area (Å²) in [7, 11) is 0. The molecule has 0 saturated heterocycles. The van der Waals surface area contributed by atoms with E-state index in [1.54, 1.807) is 0 Å². The van der Waals surface area contributed by atoms with Crippen molar-refractivity contribution in [1.82, 2.24) is 0 Å². The number of halogens is 2. The molecule has 0 radical (unpaired) electrons. The van der Waals surface area contributed by atoms with Gasteiger partial charge in [0.1, 0.15) is 11.7 Å². The van der Waals surface area contributed by atoms with Crippen LogP contribution >= 0.6 is 0 Å². The van der Waals surface area contributed by atoms with Crippen LogP contribution in [0.15, 0.2) is 23.8 Å². The first-order valence-corrected chi connectivity index (χ1v) is 3.48. The Kier molecular flexibility index (Phi) is 2.60. The standard InChI is InChI=1S/C8H10F2/c9-7-5-3-1-2-4-6-8(7)10/h1-2H,3-6H2/b2-1-,8-7-. The van der Waals surface area contributed by atoms with Gasteiger partial charge in [-0.05, 0) is 12.8 Å². The minimum atomic E-state index is -0.565. The maximum absolute atomic E-state index is 12.5. The summed E-state index contributed by atoms with van der Waals surface area (Å²) in [6.45, 7) is 0. The summed E-state index contributed by atoms with van der Waals surface area (Å²) < 4.78 is 25.0. The van der Waals surface area contributed by atoms with Gasteiger partial charge in [-0.3, -0.25) is 0 Å². The third-order valence-electron chi connectivity index (χ3n) is 1.52. The van der Waals surface area contributed by atoms with Gasteiger partial charge in [0.15, 0.2) is 0 Å². The smallest absolute Gasteiger partial charge is 0.132 e. The molecule has 0 spiro atoms. The van der Waals surface area contributed by atoms with Crippen molar-refractivity contribution in [3.05, 3.63) is 23.8 Å². The molecule has 0 aliphatic heterocycles. The summed E-state index contributed by atoms with van der Waals surface area (Å²) in [6.07, 6.45) is 5.49. The monoisotopic (exact) mass is 144 g/mol. The van der Waals surface area contributed by atoms with Gasteiger partial charge >= 0.3 is 0 Å². The zero-order valence-corrected chi connectivity index (χ0v) is 5.74. The fraction of sp³-hybridized carbons (Fsp3) is 0.500. The predicted molar refractivity (Wildman–Crippen MR) is 36.9 cm³/mol. The van der Waals surface area contributed by atoms with E-state index in [9.17, 15) is 8.78 Å². The average molecular weight is 144 g/mol. The van der Waals surface area contributed by atoms with Crippen molar-refractivity contribution in [1.29, 1.82) is 0 Å². The second kappa shape index (κ2) is 3.49. The van der Waals surface area contributed by atoms with Crippen molar-refractivity contribution in [3.63, 3.8) is 0 Å². The van der Waals surface area contributed by atoms with Crippen LogP contribution < -0.4 is 0 Å². The van der Waals surface area contributed by atoms with Crippen molar-refractivity contribution in [2.45, 2.75) is 25.7 Å². The van der Waals surface area contributed by atoms with E-state index in [4.69, 9.17) is 0 Å². The maximum atomic E-state index is 12.5. The molecule has 0 aromatic rings. The van der Waals surface area contributed by atoms with Crippen LogP contribution in [0.2, 0.25) is 0 Å². The van der Waals surface area contributed by atoms with E-state index in [1.807, 2.05) is 12.2 Å². The van der Waals surface area contributed by atoms with E-state index < -0.39 is 11.7 Å². The van der Waals surface area contributed by atoms with Crippen LogP contribution in [-0.4, -0.2) is 0 Å². The van der Waals surface area contributed by atoms with E-state index in [0.29, 0.717) is 12.8 Å². The number of rotatable bonds is 0. The van der Waals surface area contributed by atoms with Crippen molar-refractivity contribution in [2.75, 3.05) is 0 Å². The van der Waals surface area contributed by atoms with Gasteiger partial charge < -0.3 is 0 Å². The highest BCUT2D eigenvalue weighted by Gasteiger charge is 2.05. The lowest BCUT2D eigenvalue weighted by Crippen LogP contribution is -1.85. The van der Waals surface area contributed by atoms with E-state index in [1.165, 1.54) is 0 Å². The molecule has 0 aromatic heterocycles. The van der Waals surface area contributed by atoms with Crippen LogP contribution in [0, 0.1) is 0 Å². The van der Waals surface area contributed by atoms with Crippen LogP contribution in [-0.2, 0) is 0 Å². The lowest BCUT2D eigenvalue weighted by molar-refractivity contribution is 0.484. The normalized spacial score (nSPS) is 31.0. The fourth-order valence-electron chi connectivity index (χ4n) is 0.927. The Hall–Kier alpha value is -0.660. The average Bonchev–Trinajstić information content (AvgIpc) is 1.92. The second-order valence-corrected chi connectivity index (χ2v) is 2.36. The molecule has 0 saturated carbocycles. The molecule has 0 atom stereocenters. The molecular formula is C8H10F2. The van der Waals surface area contributed by atoms with Gasteiger partial charge in [0.25, 0.3) is 0 Å². The number of allylic oxidation sites excluding steroid dienone is 4. The molecular weight excluding hydrogens is 134 g/mol. The van der Waals surface area contributed by atoms with Crippen molar-refractivity contribution < 1.29 is 8.78 Å². The van der Waals surface area contributed by atoms with Crippen molar-refractivity contribution in [3.8, 4) is 0 Å². The summed E-state index contributed by atoms with van der Waals surface area (Å²) in [4.78, 5) is 0. The lowest BCUT2D eigenvalue weighted by Gasteiger charge is -2.01. The van der Waals surface area contributed by atoms with E-state index in [-0.39, 0.29) is 12.8 Å². The molecule has 0 unspecified atom stereocenters. The van der Waals surface area contributed by atoms with Gasteiger partial charge in [-0.1, -0.05) is 12.2 Å². The topological polar surface area (TPSA) is 0 Å². The third-order valence-corrected chi connectivity index (χ3v) is 1.52. The van der Waals surface area contributed by atoms with E-state index >= 15 is 0 Å². The molecule has 1 aliphatic rings. The van der Waals surface area contributed by atoms with Gasteiger partial charge in [-0.2, -0.15) is 0 Å². The third kappa shape index (κ3) is 1.94. The summed E-state index contributed by atoms with van der Waals surface area (Å²) in [5, 5.41) is 0.